The molecular weight excluding hydrogens is 254 g/mol. The molecule has 0 aliphatic carbocycles. The topological polar surface area (TPSA) is 78.9 Å². The summed E-state index contributed by atoms with van der Waals surface area (Å²) in [6, 6.07) is 10.1. The van der Waals surface area contributed by atoms with Crippen molar-refractivity contribution in [3.8, 4) is 0 Å². The van der Waals surface area contributed by atoms with Crippen LogP contribution in [0.1, 0.15) is 21.6 Å². The Morgan fingerprint density at radius 3 is 2.70 bits per heavy atom. The maximum atomic E-state index is 11.2. The first kappa shape index (κ1) is 12.3. The fourth-order valence-corrected chi connectivity index (χ4v) is 2.29. The SMILES string of the molecule is O=C(O)c1c[nH]c2ncnc(CCc3ccccc3)c12. The second-order valence-electron chi connectivity index (χ2n) is 4.54. The zero-order chi connectivity index (χ0) is 13.9. The summed E-state index contributed by atoms with van der Waals surface area (Å²) < 4.78 is 0. The Bertz CT molecular complexity index is 750. The molecule has 100 valence electrons. The molecule has 1 aromatic carbocycles. The summed E-state index contributed by atoms with van der Waals surface area (Å²) in [5.74, 6) is -0.966. The number of benzene rings is 1. The maximum absolute atomic E-state index is 11.2. The zero-order valence-corrected chi connectivity index (χ0v) is 10.7. The van der Waals surface area contributed by atoms with Crippen LogP contribution >= 0.6 is 0 Å². The Morgan fingerprint density at radius 2 is 1.95 bits per heavy atom. The third kappa shape index (κ3) is 2.25. The van der Waals surface area contributed by atoms with Crippen LogP contribution in [0.3, 0.4) is 0 Å². The van der Waals surface area contributed by atoms with Gasteiger partial charge in [-0.25, -0.2) is 14.8 Å². The Labute approximate surface area is 115 Å². The van der Waals surface area contributed by atoms with Gasteiger partial charge >= 0.3 is 5.97 Å². The molecule has 5 heteroatoms. The Hall–Kier alpha value is -2.69. The van der Waals surface area contributed by atoms with Crippen LogP contribution in [0, 0.1) is 0 Å². The number of carboxylic acids is 1. The average molecular weight is 267 g/mol. The van der Waals surface area contributed by atoms with E-state index in [-0.39, 0.29) is 5.56 Å². The first-order chi connectivity index (χ1) is 9.75. The van der Waals surface area contributed by atoms with Gasteiger partial charge in [-0.2, -0.15) is 0 Å². The van der Waals surface area contributed by atoms with Crippen LogP contribution in [0.25, 0.3) is 11.0 Å². The van der Waals surface area contributed by atoms with E-state index < -0.39 is 5.97 Å². The molecular formula is C15H13N3O2. The lowest BCUT2D eigenvalue weighted by Crippen LogP contribution is -2.00. The van der Waals surface area contributed by atoms with Crippen LogP contribution in [0.15, 0.2) is 42.9 Å². The van der Waals surface area contributed by atoms with Crippen LogP contribution in [0.4, 0.5) is 0 Å². The highest BCUT2D eigenvalue weighted by molar-refractivity contribution is 6.03. The smallest absolute Gasteiger partial charge is 0.338 e. The molecule has 0 saturated heterocycles. The van der Waals surface area contributed by atoms with E-state index in [2.05, 4.69) is 15.0 Å². The van der Waals surface area contributed by atoms with Gasteiger partial charge in [0.15, 0.2) is 0 Å². The molecule has 0 unspecified atom stereocenters. The minimum Gasteiger partial charge on any atom is -0.478 e. The van der Waals surface area contributed by atoms with Gasteiger partial charge in [-0.15, -0.1) is 0 Å². The van der Waals surface area contributed by atoms with Gasteiger partial charge in [-0.3, -0.25) is 0 Å². The van der Waals surface area contributed by atoms with Crippen LogP contribution < -0.4 is 0 Å². The third-order valence-electron chi connectivity index (χ3n) is 3.27. The van der Waals surface area contributed by atoms with Crippen molar-refractivity contribution < 1.29 is 9.90 Å². The lowest BCUT2D eigenvalue weighted by molar-refractivity contribution is 0.0699. The van der Waals surface area contributed by atoms with Crippen molar-refractivity contribution in [2.45, 2.75) is 12.8 Å². The van der Waals surface area contributed by atoms with Gasteiger partial charge in [0.05, 0.1) is 16.6 Å². The summed E-state index contributed by atoms with van der Waals surface area (Å²) in [6.45, 7) is 0. The first-order valence-electron chi connectivity index (χ1n) is 6.34. The van der Waals surface area contributed by atoms with E-state index in [0.717, 1.165) is 12.1 Å². The van der Waals surface area contributed by atoms with Crippen molar-refractivity contribution in [2.24, 2.45) is 0 Å². The van der Waals surface area contributed by atoms with Crippen molar-refractivity contribution in [3.05, 3.63) is 59.7 Å². The number of aryl methyl sites for hydroxylation is 2. The molecule has 0 amide bonds. The molecule has 0 fully saturated rings. The molecule has 5 nitrogen and oxygen atoms in total. The molecule has 0 spiro atoms. The molecule has 2 N–H and O–H groups in total. The zero-order valence-electron chi connectivity index (χ0n) is 10.7. The molecule has 3 rings (SSSR count). The molecule has 20 heavy (non-hydrogen) atoms. The summed E-state index contributed by atoms with van der Waals surface area (Å²) in [5, 5.41) is 9.81. The number of fused-ring (bicyclic) bond motifs is 1. The fraction of sp³-hybridized carbons (Fsp3) is 0.133. The predicted octanol–water partition coefficient (Wildman–Crippen LogP) is 2.44. The highest BCUT2D eigenvalue weighted by Crippen LogP contribution is 2.20. The minimum atomic E-state index is -0.966. The number of hydrogen-bond donors (Lipinski definition) is 2. The number of nitrogens with one attached hydrogen (secondary N) is 1. The van der Waals surface area contributed by atoms with Crippen LogP contribution in [-0.2, 0) is 12.8 Å². The molecule has 0 aliphatic heterocycles. The van der Waals surface area contributed by atoms with E-state index >= 15 is 0 Å². The number of aromatic carboxylic acids is 1. The van der Waals surface area contributed by atoms with Crippen molar-refractivity contribution in [1.82, 2.24) is 15.0 Å². The van der Waals surface area contributed by atoms with Crippen molar-refractivity contribution in [1.29, 1.82) is 0 Å². The number of nitrogens with zero attached hydrogens (tertiary/aromatic N) is 2. The van der Waals surface area contributed by atoms with E-state index in [4.69, 9.17) is 0 Å². The number of H-pyrrole nitrogens is 1. The van der Waals surface area contributed by atoms with E-state index in [0.29, 0.717) is 17.5 Å². The second-order valence-corrected chi connectivity index (χ2v) is 4.54. The van der Waals surface area contributed by atoms with Gasteiger partial charge in [0.2, 0.25) is 0 Å². The predicted molar refractivity (Wildman–Crippen MR) is 74.7 cm³/mol. The Morgan fingerprint density at radius 1 is 1.15 bits per heavy atom. The van der Waals surface area contributed by atoms with E-state index in [9.17, 15) is 9.90 Å². The summed E-state index contributed by atoms with van der Waals surface area (Å²) in [5.41, 5.74) is 2.76. The van der Waals surface area contributed by atoms with E-state index in [1.807, 2.05) is 30.3 Å². The molecule has 0 saturated carbocycles. The highest BCUT2D eigenvalue weighted by Gasteiger charge is 2.15. The molecule has 0 aliphatic rings. The lowest BCUT2D eigenvalue weighted by atomic mass is 10.1. The van der Waals surface area contributed by atoms with Gasteiger partial charge in [0.1, 0.15) is 12.0 Å². The molecule has 2 aromatic heterocycles. The van der Waals surface area contributed by atoms with Crippen molar-refractivity contribution >= 4 is 17.0 Å². The number of rotatable bonds is 4. The number of hydrogen-bond acceptors (Lipinski definition) is 3. The largest absolute Gasteiger partial charge is 0.478 e. The van der Waals surface area contributed by atoms with Crippen molar-refractivity contribution in [3.63, 3.8) is 0 Å². The van der Waals surface area contributed by atoms with Crippen molar-refractivity contribution in [2.75, 3.05) is 0 Å². The Kier molecular flexibility index (Phi) is 3.16. The highest BCUT2D eigenvalue weighted by atomic mass is 16.4. The number of carbonyl (C=O) groups is 1. The van der Waals surface area contributed by atoms with Crippen LogP contribution in [-0.4, -0.2) is 26.0 Å². The van der Waals surface area contributed by atoms with Gasteiger partial charge in [0.25, 0.3) is 0 Å². The van der Waals surface area contributed by atoms with Gasteiger partial charge in [-0.05, 0) is 18.4 Å². The first-order valence-corrected chi connectivity index (χ1v) is 6.34. The Balaban J connectivity index is 1.95. The van der Waals surface area contributed by atoms with Gasteiger partial charge in [0, 0.05) is 6.20 Å². The van der Waals surface area contributed by atoms with E-state index in [1.54, 1.807) is 0 Å². The fourth-order valence-electron chi connectivity index (χ4n) is 2.29. The third-order valence-corrected chi connectivity index (χ3v) is 3.27. The number of carboxylic acid groups (broad SMARTS) is 1. The van der Waals surface area contributed by atoms with Gasteiger partial charge < -0.3 is 10.1 Å². The normalized spacial score (nSPS) is 10.8. The maximum Gasteiger partial charge on any atom is 0.338 e. The average Bonchev–Trinajstić information content (AvgIpc) is 2.91. The molecule has 0 radical (unpaired) electrons. The lowest BCUT2D eigenvalue weighted by Gasteiger charge is -2.03. The summed E-state index contributed by atoms with van der Waals surface area (Å²) in [6.07, 6.45) is 4.43. The molecule has 0 bridgehead atoms. The summed E-state index contributed by atoms with van der Waals surface area (Å²) >= 11 is 0. The molecule has 2 heterocycles. The standard InChI is InChI=1S/C15H13N3O2/c19-15(20)11-8-16-14-13(11)12(17-9-18-14)7-6-10-4-2-1-3-5-10/h1-5,8-9H,6-7H2,(H,19,20)(H,16,17,18). The minimum absolute atomic E-state index is 0.226. The second kappa shape index (κ2) is 5.13. The molecule has 3 aromatic rings. The van der Waals surface area contributed by atoms with Gasteiger partial charge in [-0.1, -0.05) is 30.3 Å². The number of aromatic amines is 1. The monoisotopic (exact) mass is 267 g/mol. The molecule has 0 atom stereocenters. The number of aromatic nitrogens is 3. The quantitative estimate of drug-likeness (QED) is 0.761. The summed E-state index contributed by atoms with van der Waals surface area (Å²) in [4.78, 5) is 22.4. The summed E-state index contributed by atoms with van der Waals surface area (Å²) in [7, 11) is 0. The van der Waals surface area contributed by atoms with E-state index in [1.165, 1.54) is 18.1 Å². The van der Waals surface area contributed by atoms with Crippen LogP contribution in [0.2, 0.25) is 0 Å². The van der Waals surface area contributed by atoms with Crippen LogP contribution in [0.5, 0.6) is 0 Å².